The van der Waals surface area contributed by atoms with E-state index in [-0.39, 0.29) is 17.7 Å². The first-order valence-corrected chi connectivity index (χ1v) is 12.8. The van der Waals surface area contributed by atoms with Crippen LogP contribution in [-0.2, 0) is 4.79 Å². The number of allylic oxidation sites excluding steroid dienone is 1. The van der Waals surface area contributed by atoms with Crippen LogP contribution in [0.1, 0.15) is 23.0 Å². The SMILES string of the molecule is CC=CC(=O)Nc1ccc(-c2sc3c(C(N)=O)cnc(N)c3c2-c2ccc(Oc3nccc(C)n3)cc2)cc1. The van der Waals surface area contributed by atoms with E-state index in [1.165, 1.54) is 23.6 Å². The summed E-state index contributed by atoms with van der Waals surface area (Å²) in [5, 5.41) is 3.47. The Balaban J connectivity index is 1.60. The average Bonchev–Trinajstić information content (AvgIpc) is 3.31. The van der Waals surface area contributed by atoms with Crippen LogP contribution in [0.25, 0.3) is 31.7 Å². The summed E-state index contributed by atoms with van der Waals surface area (Å²) in [6.45, 7) is 3.64. The number of carbonyl (C=O) groups is 2. The molecular weight excluding hydrogens is 512 g/mol. The van der Waals surface area contributed by atoms with Crippen LogP contribution in [0.2, 0.25) is 0 Å². The highest BCUT2D eigenvalue weighted by Crippen LogP contribution is 2.47. The predicted molar refractivity (Wildman–Crippen MR) is 154 cm³/mol. The van der Waals surface area contributed by atoms with E-state index in [4.69, 9.17) is 16.2 Å². The number of primary amides is 1. The van der Waals surface area contributed by atoms with Crippen LogP contribution in [0.4, 0.5) is 11.5 Å². The molecule has 2 amide bonds. The quantitative estimate of drug-likeness (QED) is 0.226. The number of carbonyl (C=O) groups excluding carboxylic acids is 2. The van der Waals surface area contributed by atoms with Gasteiger partial charge in [0.05, 0.1) is 10.3 Å². The van der Waals surface area contributed by atoms with Gasteiger partial charge in [-0.25, -0.2) is 15.0 Å². The zero-order valence-corrected chi connectivity index (χ0v) is 22.0. The highest BCUT2D eigenvalue weighted by atomic mass is 32.1. The van der Waals surface area contributed by atoms with Crippen LogP contribution in [0.3, 0.4) is 0 Å². The first-order valence-electron chi connectivity index (χ1n) is 12.0. The maximum Gasteiger partial charge on any atom is 0.322 e. The second-order valence-corrected chi connectivity index (χ2v) is 9.63. The molecule has 0 atom stereocenters. The summed E-state index contributed by atoms with van der Waals surface area (Å²) < 4.78 is 6.47. The van der Waals surface area contributed by atoms with Crippen molar-refractivity contribution in [2.24, 2.45) is 5.73 Å². The monoisotopic (exact) mass is 536 g/mol. The zero-order valence-electron chi connectivity index (χ0n) is 21.1. The van der Waals surface area contributed by atoms with Gasteiger partial charge in [-0.3, -0.25) is 9.59 Å². The van der Waals surface area contributed by atoms with Gasteiger partial charge in [-0.2, -0.15) is 0 Å². The molecule has 9 nitrogen and oxygen atoms in total. The summed E-state index contributed by atoms with van der Waals surface area (Å²) in [7, 11) is 0. The molecule has 39 heavy (non-hydrogen) atoms. The Morgan fingerprint density at radius 3 is 2.38 bits per heavy atom. The largest absolute Gasteiger partial charge is 0.424 e. The molecule has 2 aromatic carbocycles. The highest BCUT2D eigenvalue weighted by molar-refractivity contribution is 7.23. The number of nitrogens with zero attached hydrogens (tertiary/aromatic N) is 3. The van der Waals surface area contributed by atoms with Gasteiger partial charge in [0.25, 0.3) is 5.91 Å². The molecule has 194 valence electrons. The van der Waals surface area contributed by atoms with E-state index in [2.05, 4.69) is 20.3 Å². The van der Waals surface area contributed by atoms with Crippen molar-refractivity contribution in [2.75, 3.05) is 11.1 Å². The van der Waals surface area contributed by atoms with Gasteiger partial charge in [-0.1, -0.05) is 30.3 Å². The van der Waals surface area contributed by atoms with Gasteiger partial charge < -0.3 is 21.5 Å². The normalized spacial score (nSPS) is 11.1. The fourth-order valence-electron chi connectivity index (χ4n) is 4.09. The van der Waals surface area contributed by atoms with Gasteiger partial charge in [0, 0.05) is 39.6 Å². The van der Waals surface area contributed by atoms with E-state index in [9.17, 15) is 9.59 Å². The van der Waals surface area contributed by atoms with Crippen LogP contribution < -0.4 is 21.5 Å². The number of thiophene rings is 1. The highest BCUT2D eigenvalue weighted by Gasteiger charge is 2.22. The number of benzene rings is 2. The van der Waals surface area contributed by atoms with E-state index >= 15 is 0 Å². The van der Waals surface area contributed by atoms with Gasteiger partial charge in [0.15, 0.2) is 0 Å². The summed E-state index contributed by atoms with van der Waals surface area (Å²) in [5.74, 6) is 0.0544. The molecule has 0 spiro atoms. The summed E-state index contributed by atoms with van der Waals surface area (Å²) in [6, 6.07) is 16.9. The van der Waals surface area contributed by atoms with Crippen molar-refractivity contribution in [1.29, 1.82) is 0 Å². The molecule has 3 aromatic heterocycles. The Hall–Kier alpha value is -5.09. The van der Waals surface area contributed by atoms with Crippen LogP contribution in [-0.4, -0.2) is 26.8 Å². The maximum absolute atomic E-state index is 12.2. The second kappa shape index (κ2) is 10.7. The number of pyridine rings is 1. The number of nitrogen functional groups attached to an aromatic ring is 1. The summed E-state index contributed by atoms with van der Waals surface area (Å²) in [4.78, 5) is 37.7. The van der Waals surface area contributed by atoms with Crippen molar-refractivity contribution < 1.29 is 14.3 Å². The number of aryl methyl sites for hydroxylation is 1. The first kappa shape index (κ1) is 25.6. The molecule has 0 saturated heterocycles. The lowest BCUT2D eigenvalue weighted by Gasteiger charge is -2.10. The van der Waals surface area contributed by atoms with Crippen molar-refractivity contribution in [3.63, 3.8) is 0 Å². The third kappa shape index (κ3) is 5.32. The molecule has 5 rings (SSSR count). The van der Waals surface area contributed by atoms with E-state index in [1.807, 2.05) is 55.5 Å². The second-order valence-electron chi connectivity index (χ2n) is 8.61. The third-order valence-electron chi connectivity index (χ3n) is 5.86. The van der Waals surface area contributed by atoms with Gasteiger partial charge in [0.2, 0.25) is 5.91 Å². The Morgan fingerprint density at radius 1 is 1.00 bits per heavy atom. The molecule has 10 heteroatoms. The molecule has 0 bridgehead atoms. The maximum atomic E-state index is 12.2. The number of anilines is 2. The van der Waals surface area contributed by atoms with Crippen LogP contribution in [0.15, 0.2) is 79.1 Å². The summed E-state index contributed by atoms with van der Waals surface area (Å²) in [5.41, 5.74) is 16.3. The Bertz CT molecular complexity index is 1730. The number of hydrogen-bond donors (Lipinski definition) is 3. The van der Waals surface area contributed by atoms with E-state index in [0.29, 0.717) is 27.1 Å². The molecule has 0 radical (unpaired) electrons. The zero-order chi connectivity index (χ0) is 27.5. The lowest BCUT2D eigenvalue weighted by molar-refractivity contribution is -0.111. The van der Waals surface area contributed by atoms with Crippen LogP contribution >= 0.6 is 11.3 Å². The van der Waals surface area contributed by atoms with Crippen LogP contribution in [0.5, 0.6) is 11.8 Å². The molecule has 5 aromatic rings. The number of ether oxygens (including phenoxy) is 1. The summed E-state index contributed by atoms with van der Waals surface area (Å²) in [6.07, 6.45) is 6.17. The number of fused-ring (bicyclic) bond motifs is 1. The summed E-state index contributed by atoms with van der Waals surface area (Å²) >= 11 is 1.41. The fourth-order valence-corrected chi connectivity index (χ4v) is 5.44. The third-order valence-corrected chi connectivity index (χ3v) is 7.14. The van der Waals surface area contributed by atoms with Crippen LogP contribution in [0, 0.1) is 6.92 Å². The molecule has 0 saturated carbocycles. The van der Waals surface area contributed by atoms with Gasteiger partial charge >= 0.3 is 6.01 Å². The molecular formula is C29H24N6O3S. The average molecular weight is 537 g/mol. The Morgan fingerprint density at radius 2 is 1.72 bits per heavy atom. The molecule has 0 fully saturated rings. The molecule has 0 unspecified atom stereocenters. The number of nitrogens with two attached hydrogens (primary N) is 2. The molecule has 0 aliphatic rings. The van der Waals surface area contributed by atoms with Crippen molar-refractivity contribution in [2.45, 2.75) is 13.8 Å². The number of rotatable bonds is 7. The molecule has 5 N–H and O–H groups in total. The van der Waals surface area contributed by atoms with Gasteiger partial charge in [-0.15, -0.1) is 11.3 Å². The van der Waals surface area contributed by atoms with E-state index in [1.54, 1.807) is 25.3 Å². The van der Waals surface area contributed by atoms with Crippen molar-refractivity contribution in [1.82, 2.24) is 15.0 Å². The lowest BCUT2D eigenvalue weighted by Crippen LogP contribution is -2.11. The minimum absolute atomic E-state index is 0.212. The topological polar surface area (TPSA) is 146 Å². The minimum atomic E-state index is -0.587. The number of hydrogen-bond acceptors (Lipinski definition) is 8. The fraction of sp³-hybridized carbons (Fsp3) is 0.0690. The van der Waals surface area contributed by atoms with Gasteiger partial charge in [0.1, 0.15) is 11.6 Å². The van der Waals surface area contributed by atoms with Crippen molar-refractivity contribution in [3.05, 3.63) is 90.4 Å². The van der Waals surface area contributed by atoms with Crippen molar-refractivity contribution >= 4 is 44.7 Å². The van der Waals surface area contributed by atoms with E-state index < -0.39 is 5.91 Å². The molecule has 0 aliphatic heterocycles. The molecule has 3 heterocycles. The van der Waals surface area contributed by atoms with E-state index in [0.717, 1.165) is 27.3 Å². The van der Waals surface area contributed by atoms with Gasteiger partial charge in [-0.05, 0) is 61.4 Å². The Labute approximate surface area is 228 Å². The number of amides is 2. The minimum Gasteiger partial charge on any atom is -0.424 e. The smallest absolute Gasteiger partial charge is 0.322 e. The Kier molecular flexibility index (Phi) is 7.02. The predicted octanol–water partition coefficient (Wildman–Crippen LogP) is 5.72. The molecule has 0 aliphatic carbocycles. The lowest BCUT2D eigenvalue weighted by atomic mass is 9.98. The number of nitrogens with one attached hydrogen (secondary N) is 1. The number of aromatic nitrogens is 3. The first-order chi connectivity index (χ1) is 18.8. The van der Waals surface area contributed by atoms with Crippen molar-refractivity contribution in [3.8, 4) is 33.3 Å². The standard InChI is InChI=1S/C29H24N6O3S/c1-3-4-22(36)35-19-9-5-18(6-10-19)25-23(24-26(39-25)21(28(31)37)15-33-27(24)30)17-7-11-20(12-8-17)38-29-32-14-13-16(2)34-29/h3-15H,1-2H3,(H2,30,33)(H2,31,37)(H,35,36).